The minimum absolute atomic E-state index is 0.130. The molecule has 0 radical (unpaired) electrons. The predicted molar refractivity (Wildman–Crippen MR) is 128 cm³/mol. The van der Waals surface area contributed by atoms with Gasteiger partial charge in [-0.2, -0.15) is 0 Å². The van der Waals surface area contributed by atoms with Crippen LogP contribution >= 0.6 is 11.8 Å². The smallest absolute Gasteiger partial charge is 0.251 e. The van der Waals surface area contributed by atoms with Crippen molar-refractivity contribution in [3.8, 4) is 0 Å². The fourth-order valence-electron chi connectivity index (χ4n) is 3.04. The van der Waals surface area contributed by atoms with Crippen LogP contribution in [0.2, 0.25) is 0 Å². The molecular weight excluding hydrogens is 422 g/mol. The Morgan fingerprint density at radius 2 is 1.69 bits per heavy atom. The van der Waals surface area contributed by atoms with Crippen LogP contribution in [-0.4, -0.2) is 32.3 Å². The van der Waals surface area contributed by atoms with Crippen LogP contribution < -0.4 is 10.6 Å². The zero-order chi connectivity index (χ0) is 23.1. The molecule has 1 aromatic heterocycles. The Morgan fingerprint density at radius 3 is 2.31 bits per heavy atom. The Balaban J connectivity index is 1.65. The highest BCUT2D eigenvalue weighted by Gasteiger charge is 2.20. The van der Waals surface area contributed by atoms with Crippen LogP contribution in [0.15, 0.2) is 66.3 Å². The molecule has 0 saturated carbocycles. The molecule has 3 rings (SSSR count). The highest BCUT2D eigenvalue weighted by molar-refractivity contribution is 7.99. The number of aryl methyl sites for hydroxylation is 2. The van der Waals surface area contributed by atoms with E-state index in [4.69, 9.17) is 0 Å². The zero-order valence-corrected chi connectivity index (χ0v) is 19.3. The maximum Gasteiger partial charge on any atom is 0.251 e. The number of aromatic nitrogens is 3. The summed E-state index contributed by atoms with van der Waals surface area (Å²) in [6, 6.07) is 14.6. The molecule has 1 heterocycles. The number of benzene rings is 2. The van der Waals surface area contributed by atoms with E-state index in [-0.39, 0.29) is 23.6 Å². The SMILES string of the molecule is C=CCn1c(SCC(=O)Nc2ccc(C)cc2)nnc1[C@@H](C)NC(=O)c1ccc(C)cc1. The van der Waals surface area contributed by atoms with Crippen molar-refractivity contribution >= 4 is 29.3 Å². The Labute approximate surface area is 192 Å². The maximum atomic E-state index is 12.6. The Morgan fingerprint density at radius 1 is 1.06 bits per heavy atom. The van der Waals surface area contributed by atoms with Crippen LogP contribution in [0.25, 0.3) is 0 Å². The Hall–Kier alpha value is -3.39. The molecule has 0 aliphatic rings. The van der Waals surface area contributed by atoms with Gasteiger partial charge in [-0.05, 0) is 45.0 Å². The van der Waals surface area contributed by atoms with Crippen molar-refractivity contribution in [2.45, 2.75) is 38.5 Å². The first-order valence-electron chi connectivity index (χ1n) is 10.3. The second-order valence-electron chi connectivity index (χ2n) is 7.50. The third kappa shape index (κ3) is 6.07. The summed E-state index contributed by atoms with van der Waals surface area (Å²) < 4.78 is 1.86. The minimum Gasteiger partial charge on any atom is -0.342 e. The number of hydrogen-bond donors (Lipinski definition) is 2. The maximum absolute atomic E-state index is 12.6. The molecule has 2 aromatic carbocycles. The van der Waals surface area contributed by atoms with E-state index in [9.17, 15) is 9.59 Å². The summed E-state index contributed by atoms with van der Waals surface area (Å²) in [4.78, 5) is 24.9. The van der Waals surface area contributed by atoms with Crippen molar-refractivity contribution in [2.24, 2.45) is 0 Å². The predicted octanol–water partition coefficient (Wildman–Crippen LogP) is 4.30. The van der Waals surface area contributed by atoms with Crippen molar-refractivity contribution in [1.82, 2.24) is 20.1 Å². The minimum atomic E-state index is -0.369. The summed E-state index contributed by atoms with van der Waals surface area (Å²) in [6.07, 6.45) is 1.73. The zero-order valence-electron chi connectivity index (χ0n) is 18.5. The van der Waals surface area contributed by atoms with Gasteiger partial charge in [0, 0.05) is 17.8 Å². The van der Waals surface area contributed by atoms with E-state index in [0.717, 1.165) is 16.8 Å². The van der Waals surface area contributed by atoms with Gasteiger partial charge in [0.2, 0.25) is 5.91 Å². The lowest BCUT2D eigenvalue weighted by Gasteiger charge is -2.15. The van der Waals surface area contributed by atoms with Crippen LogP contribution in [0.1, 0.15) is 40.3 Å². The lowest BCUT2D eigenvalue weighted by atomic mass is 10.1. The monoisotopic (exact) mass is 449 g/mol. The number of anilines is 1. The topological polar surface area (TPSA) is 88.9 Å². The van der Waals surface area contributed by atoms with Crippen molar-refractivity contribution in [3.05, 3.63) is 83.7 Å². The Bertz CT molecular complexity index is 1090. The molecule has 2 amide bonds. The van der Waals surface area contributed by atoms with Crippen LogP contribution in [-0.2, 0) is 11.3 Å². The van der Waals surface area contributed by atoms with E-state index in [1.54, 1.807) is 18.2 Å². The molecule has 0 saturated heterocycles. The summed E-state index contributed by atoms with van der Waals surface area (Å²) in [5.41, 5.74) is 3.56. The molecule has 7 nitrogen and oxygen atoms in total. The Kier molecular flexibility index (Phi) is 7.83. The molecule has 2 N–H and O–H groups in total. The number of nitrogens with zero attached hydrogens (tertiary/aromatic N) is 3. The third-order valence-corrected chi connectivity index (χ3v) is 5.74. The number of amides is 2. The van der Waals surface area contributed by atoms with Crippen LogP contribution in [0.5, 0.6) is 0 Å². The van der Waals surface area contributed by atoms with Gasteiger partial charge >= 0.3 is 0 Å². The van der Waals surface area contributed by atoms with Gasteiger partial charge in [0.15, 0.2) is 11.0 Å². The molecule has 0 aliphatic carbocycles. The number of thioether (sulfide) groups is 1. The molecule has 0 unspecified atom stereocenters. The number of nitrogens with one attached hydrogen (secondary N) is 2. The fourth-order valence-corrected chi connectivity index (χ4v) is 3.80. The number of hydrogen-bond acceptors (Lipinski definition) is 5. The van der Waals surface area contributed by atoms with Gasteiger partial charge in [-0.15, -0.1) is 16.8 Å². The molecule has 0 fully saturated rings. The standard InChI is InChI=1S/C24H27N5O2S/c1-5-14-29-22(18(4)25-23(31)19-10-6-16(2)7-11-19)27-28-24(29)32-15-21(30)26-20-12-8-17(3)9-13-20/h5-13,18H,1,14-15H2,2-4H3,(H,25,31)(H,26,30)/t18-/m1/s1. The first-order valence-corrected chi connectivity index (χ1v) is 11.3. The number of carbonyl (C=O) groups excluding carboxylic acids is 2. The van der Waals surface area contributed by atoms with Crippen LogP contribution in [0, 0.1) is 13.8 Å². The first-order chi connectivity index (χ1) is 15.4. The average molecular weight is 450 g/mol. The molecule has 8 heteroatoms. The molecule has 0 bridgehead atoms. The lowest BCUT2D eigenvalue weighted by molar-refractivity contribution is -0.113. The molecular formula is C24H27N5O2S. The summed E-state index contributed by atoms with van der Waals surface area (Å²) in [6.45, 7) is 10.1. The van der Waals surface area contributed by atoms with Gasteiger partial charge in [-0.3, -0.25) is 9.59 Å². The van der Waals surface area contributed by atoms with Gasteiger partial charge < -0.3 is 15.2 Å². The summed E-state index contributed by atoms with van der Waals surface area (Å²) in [7, 11) is 0. The van der Waals surface area contributed by atoms with Crippen LogP contribution in [0.4, 0.5) is 5.69 Å². The summed E-state index contributed by atoms with van der Waals surface area (Å²) in [5, 5.41) is 14.9. The van der Waals surface area contributed by atoms with Gasteiger partial charge in [-0.1, -0.05) is 53.2 Å². The molecule has 3 aromatic rings. The van der Waals surface area contributed by atoms with E-state index < -0.39 is 0 Å². The first kappa shape index (κ1) is 23.3. The van der Waals surface area contributed by atoms with Gasteiger partial charge in [-0.25, -0.2) is 0 Å². The highest BCUT2D eigenvalue weighted by Crippen LogP contribution is 2.21. The lowest BCUT2D eigenvalue weighted by Crippen LogP contribution is -2.28. The van der Waals surface area contributed by atoms with Crippen LogP contribution in [0.3, 0.4) is 0 Å². The quantitative estimate of drug-likeness (QED) is 0.376. The van der Waals surface area contributed by atoms with Crippen molar-refractivity contribution in [2.75, 3.05) is 11.1 Å². The summed E-state index contributed by atoms with van der Waals surface area (Å²) in [5.74, 6) is 0.478. The number of rotatable bonds is 9. The van der Waals surface area contributed by atoms with Crippen molar-refractivity contribution < 1.29 is 9.59 Å². The number of allylic oxidation sites excluding steroid dienone is 1. The van der Waals surface area contributed by atoms with E-state index in [1.807, 2.05) is 61.7 Å². The van der Waals surface area contributed by atoms with Crippen molar-refractivity contribution in [1.29, 1.82) is 0 Å². The second kappa shape index (κ2) is 10.8. The third-order valence-electron chi connectivity index (χ3n) is 4.77. The highest BCUT2D eigenvalue weighted by atomic mass is 32.2. The summed E-state index contributed by atoms with van der Waals surface area (Å²) >= 11 is 1.29. The molecule has 32 heavy (non-hydrogen) atoms. The fraction of sp³-hybridized carbons (Fsp3) is 0.250. The molecule has 1 atom stereocenters. The average Bonchev–Trinajstić information content (AvgIpc) is 3.17. The van der Waals surface area contributed by atoms with Gasteiger partial charge in [0.1, 0.15) is 0 Å². The van der Waals surface area contributed by atoms with Crippen molar-refractivity contribution in [3.63, 3.8) is 0 Å². The second-order valence-corrected chi connectivity index (χ2v) is 8.45. The largest absolute Gasteiger partial charge is 0.342 e. The van der Waals surface area contributed by atoms with E-state index in [0.29, 0.717) is 23.1 Å². The molecule has 0 spiro atoms. The molecule has 166 valence electrons. The number of carbonyl (C=O) groups is 2. The van der Waals surface area contributed by atoms with Gasteiger partial charge in [0.25, 0.3) is 5.91 Å². The van der Waals surface area contributed by atoms with E-state index in [2.05, 4.69) is 27.4 Å². The molecule has 0 aliphatic heterocycles. The van der Waals surface area contributed by atoms with Gasteiger partial charge in [0.05, 0.1) is 11.8 Å². The van der Waals surface area contributed by atoms with E-state index in [1.165, 1.54) is 11.8 Å². The van der Waals surface area contributed by atoms with E-state index >= 15 is 0 Å². The normalized spacial score (nSPS) is 11.6.